The normalized spacial score (nSPS) is 14.2. The van der Waals surface area contributed by atoms with Crippen LogP contribution in [0.2, 0.25) is 0 Å². The van der Waals surface area contributed by atoms with Crippen LogP contribution in [0.1, 0.15) is 28.4 Å². The molecular formula is C14H8F4O. The standard InChI is InChI=1S/C14H8F4O/c15-10-2-6-1-7-3-11(16)13(18)5-9(7)14(19)8(6)4-12(10)17/h2-5,14,19H,1H2. The molecule has 0 aromatic heterocycles. The monoisotopic (exact) mass is 268 g/mol. The summed E-state index contributed by atoms with van der Waals surface area (Å²) in [5.41, 5.74) is 1.09. The number of hydrogen-bond acceptors (Lipinski definition) is 1. The largest absolute Gasteiger partial charge is 0.384 e. The first-order chi connectivity index (χ1) is 8.97. The number of aliphatic hydroxyl groups excluding tert-OH is 1. The fourth-order valence-corrected chi connectivity index (χ4v) is 2.39. The number of rotatable bonds is 0. The third-order valence-electron chi connectivity index (χ3n) is 3.33. The smallest absolute Gasteiger partial charge is 0.159 e. The van der Waals surface area contributed by atoms with Crippen LogP contribution in [0.3, 0.4) is 0 Å². The fraction of sp³-hybridized carbons (Fsp3) is 0.143. The van der Waals surface area contributed by atoms with Gasteiger partial charge in [0.05, 0.1) is 0 Å². The van der Waals surface area contributed by atoms with Gasteiger partial charge >= 0.3 is 0 Å². The van der Waals surface area contributed by atoms with Crippen LogP contribution in [0.25, 0.3) is 0 Å². The third-order valence-corrected chi connectivity index (χ3v) is 3.33. The lowest BCUT2D eigenvalue weighted by molar-refractivity contribution is 0.213. The quantitative estimate of drug-likeness (QED) is 0.727. The molecule has 0 saturated carbocycles. The molecule has 0 atom stereocenters. The van der Waals surface area contributed by atoms with Gasteiger partial charge in [0, 0.05) is 0 Å². The molecule has 19 heavy (non-hydrogen) atoms. The Bertz CT molecular complexity index is 624. The van der Waals surface area contributed by atoms with Gasteiger partial charge in [0.2, 0.25) is 0 Å². The number of hydrogen-bond donors (Lipinski definition) is 1. The highest BCUT2D eigenvalue weighted by atomic mass is 19.2. The number of aliphatic hydroxyl groups is 1. The van der Waals surface area contributed by atoms with Crippen LogP contribution in [0.15, 0.2) is 24.3 Å². The minimum atomic E-state index is -1.29. The van der Waals surface area contributed by atoms with E-state index in [-0.39, 0.29) is 17.5 Å². The highest BCUT2D eigenvalue weighted by molar-refractivity contribution is 5.48. The second kappa shape index (κ2) is 4.06. The molecule has 2 aromatic carbocycles. The van der Waals surface area contributed by atoms with Gasteiger partial charge in [-0.15, -0.1) is 0 Å². The summed E-state index contributed by atoms with van der Waals surface area (Å²) in [5, 5.41) is 10.1. The zero-order chi connectivity index (χ0) is 13.7. The topological polar surface area (TPSA) is 20.2 Å². The third kappa shape index (κ3) is 1.81. The number of halogens is 4. The molecule has 98 valence electrons. The van der Waals surface area contributed by atoms with E-state index in [1.54, 1.807) is 0 Å². The SMILES string of the molecule is OC1c2cc(F)c(F)cc2Cc2cc(F)c(F)cc21. The average molecular weight is 268 g/mol. The second-order valence-electron chi connectivity index (χ2n) is 4.51. The molecule has 5 heteroatoms. The Hall–Kier alpha value is -1.88. The Labute approximate surface area is 106 Å². The van der Waals surface area contributed by atoms with Gasteiger partial charge in [0.25, 0.3) is 0 Å². The van der Waals surface area contributed by atoms with Crippen molar-refractivity contribution in [2.24, 2.45) is 0 Å². The van der Waals surface area contributed by atoms with Crippen LogP contribution in [-0.4, -0.2) is 5.11 Å². The zero-order valence-electron chi connectivity index (χ0n) is 9.55. The molecule has 0 amide bonds. The maximum Gasteiger partial charge on any atom is 0.159 e. The number of benzene rings is 2. The van der Waals surface area contributed by atoms with Crippen molar-refractivity contribution in [3.63, 3.8) is 0 Å². The summed E-state index contributed by atoms with van der Waals surface area (Å²) in [5.74, 6) is -4.22. The van der Waals surface area contributed by atoms with E-state index in [4.69, 9.17) is 0 Å². The fourth-order valence-electron chi connectivity index (χ4n) is 2.39. The summed E-state index contributed by atoms with van der Waals surface area (Å²) in [6.45, 7) is 0. The molecule has 2 aromatic rings. The Kier molecular flexibility index (Phi) is 2.60. The first kappa shape index (κ1) is 12.2. The summed E-state index contributed by atoms with van der Waals surface area (Å²) in [4.78, 5) is 0. The van der Waals surface area contributed by atoms with Gasteiger partial charge < -0.3 is 5.11 Å². The van der Waals surface area contributed by atoms with E-state index in [1.165, 1.54) is 0 Å². The molecule has 0 unspecified atom stereocenters. The molecule has 1 N–H and O–H groups in total. The highest BCUT2D eigenvalue weighted by Gasteiger charge is 2.27. The minimum absolute atomic E-state index is 0.121. The molecule has 0 heterocycles. The van der Waals surface area contributed by atoms with Gasteiger partial charge in [-0.1, -0.05) is 0 Å². The Morgan fingerprint density at radius 2 is 1.11 bits per heavy atom. The number of fused-ring (bicyclic) bond motifs is 2. The van der Waals surface area contributed by atoms with Gasteiger partial charge in [-0.3, -0.25) is 0 Å². The summed E-state index contributed by atoms with van der Waals surface area (Å²) in [7, 11) is 0. The molecule has 1 nitrogen and oxygen atoms in total. The van der Waals surface area contributed by atoms with Crippen LogP contribution in [0.4, 0.5) is 17.6 Å². The molecular weight excluding hydrogens is 260 g/mol. The average Bonchev–Trinajstić information content (AvgIpc) is 2.35. The van der Waals surface area contributed by atoms with E-state index in [1.807, 2.05) is 0 Å². The van der Waals surface area contributed by atoms with Crippen molar-refractivity contribution >= 4 is 0 Å². The molecule has 3 rings (SSSR count). The molecule has 0 fully saturated rings. The molecule has 0 bridgehead atoms. The second-order valence-corrected chi connectivity index (χ2v) is 4.51. The van der Waals surface area contributed by atoms with E-state index >= 15 is 0 Å². The van der Waals surface area contributed by atoms with Gasteiger partial charge in [-0.2, -0.15) is 0 Å². The lowest BCUT2D eigenvalue weighted by Gasteiger charge is -2.25. The van der Waals surface area contributed by atoms with Gasteiger partial charge in [0.1, 0.15) is 6.10 Å². The first-order valence-electron chi connectivity index (χ1n) is 5.61. The van der Waals surface area contributed by atoms with Crippen LogP contribution in [0, 0.1) is 23.3 Å². The van der Waals surface area contributed by atoms with Crippen LogP contribution >= 0.6 is 0 Å². The van der Waals surface area contributed by atoms with Gasteiger partial charge in [-0.25, -0.2) is 17.6 Å². The van der Waals surface area contributed by atoms with Crippen molar-refractivity contribution in [1.82, 2.24) is 0 Å². The zero-order valence-corrected chi connectivity index (χ0v) is 9.55. The van der Waals surface area contributed by atoms with E-state index in [0.29, 0.717) is 11.1 Å². The van der Waals surface area contributed by atoms with E-state index in [0.717, 1.165) is 24.3 Å². The van der Waals surface area contributed by atoms with Gasteiger partial charge in [0.15, 0.2) is 23.3 Å². The Morgan fingerprint density at radius 3 is 1.53 bits per heavy atom. The van der Waals surface area contributed by atoms with E-state index in [9.17, 15) is 22.7 Å². The first-order valence-corrected chi connectivity index (χ1v) is 5.61. The summed E-state index contributed by atoms with van der Waals surface area (Å²) < 4.78 is 52.7. The maximum absolute atomic E-state index is 13.2. The molecule has 1 aliphatic carbocycles. The van der Waals surface area contributed by atoms with Crippen molar-refractivity contribution in [2.75, 3.05) is 0 Å². The molecule has 0 aliphatic heterocycles. The van der Waals surface area contributed by atoms with Crippen molar-refractivity contribution < 1.29 is 22.7 Å². The van der Waals surface area contributed by atoms with Crippen LogP contribution in [-0.2, 0) is 6.42 Å². The van der Waals surface area contributed by atoms with E-state index in [2.05, 4.69) is 0 Å². The molecule has 0 radical (unpaired) electrons. The van der Waals surface area contributed by atoms with Crippen molar-refractivity contribution in [2.45, 2.75) is 12.5 Å². The minimum Gasteiger partial charge on any atom is -0.384 e. The molecule has 1 aliphatic rings. The predicted molar refractivity (Wildman–Crippen MR) is 59.6 cm³/mol. The summed E-state index contributed by atoms with van der Waals surface area (Å²) in [6, 6.07) is 3.72. The lowest BCUT2D eigenvalue weighted by atomic mass is 9.83. The van der Waals surface area contributed by atoms with Crippen molar-refractivity contribution in [1.29, 1.82) is 0 Å². The van der Waals surface area contributed by atoms with Crippen molar-refractivity contribution in [3.05, 3.63) is 69.8 Å². The van der Waals surface area contributed by atoms with Crippen molar-refractivity contribution in [3.8, 4) is 0 Å². The Morgan fingerprint density at radius 1 is 0.737 bits per heavy atom. The van der Waals surface area contributed by atoms with Crippen LogP contribution in [0.5, 0.6) is 0 Å². The van der Waals surface area contributed by atoms with E-state index < -0.39 is 29.4 Å². The van der Waals surface area contributed by atoms with Crippen LogP contribution < -0.4 is 0 Å². The lowest BCUT2D eigenvalue weighted by Crippen LogP contribution is -2.15. The van der Waals surface area contributed by atoms with Gasteiger partial charge in [-0.05, 0) is 52.9 Å². The summed E-state index contributed by atoms with van der Waals surface area (Å²) >= 11 is 0. The molecule has 0 saturated heterocycles. The summed E-state index contributed by atoms with van der Waals surface area (Å²) in [6.07, 6.45) is -1.17. The molecule has 0 spiro atoms. The highest BCUT2D eigenvalue weighted by Crippen LogP contribution is 2.36. The maximum atomic E-state index is 13.2. The Balaban J connectivity index is 2.20. The predicted octanol–water partition coefficient (Wildman–Crippen LogP) is 3.23.